The predicted octanol–water partition coefficient (Wildman–Crippen LogP) is 0.314. The molecule has 1 heterocycles. The SMILES string of the molecule is NCc1[nH]c(N)cc(=O)c1OC(F)(F)F. The Hall–Kier alpha value is -1.70. The number of aromatic nitrogens is 1. The van der Waals surface area contributed by atoms with Gasteiger partial charge in [0.25, 0.3) is 0 Å². The minimum absolute atomic E-state index is 0.0741. The van der Waals surface area contributed by atoms with E-state index in [2.05, 4.69) is 9.72 Å². The van der Waals surface area contributed by atoms with Crippen LogP contribution in [0.4, 0.5) is 19.0 Å². The van der Waals surface area contributed by atoms with Gasteiger partial charge in [-0.05, 0) is 0 Å². The highest BCUT2D eigenvalue weighted by Crippen LogP contribution is 2.22. The minimum atomic E-state index is -4.94. The number of alkyl halides is 3. The van der Waals surface area contributed by atoms with E-state index in [1.165, 1.54) is 0 Å². The maximum absolute atomic E-state index is 11.9. The number of hydrogen-bond acceptors (Lipinski definition) is 4. The molecule has 0 fully saturated rings. The van der Waals surface area contributed by atoms with Crippen molar-refractivity contribution in [1.29, 1.82) is 0 Å². The van der Waals surface area contributed by atoms with Crippen LogP contribution in [0.15, 0.2) is 10.9 Å². The van der Waals surface area contributed by atoms with E-state index in [0.717, 1.165) is 6.07 Å². The average Bonchev–Trinajstić information content (AvgIpc) is 2.07. The molecule has 1 rings (SSSR count). The molecule has 84 valence electrons. The predicted molar refractivity (Wildman–Crippen MR) is 46.0 cm³/mol. The molecule has 0 spiro atoms. The molecular formula is C7H8F3N3O2. The van der Waals surface area contributed by atoms with Crippen molar-refractivity contribution in [3.63, 3.8) is 0 Å². The highest BCUT2D eigenvalue weighted by atomic mass is 19.4. The summed E-state index contributed by atoms with van der Waals surface area (Å²) in [4.78, 5) is 13.4. The molecule has 0 radical (unpaired) electrons. The molecule has 1 aromatic heterocycles. The molecule has 8 heteroatoms. The fraction of sp³-hybridized carbons (Fsp3) is 0.286. The molecule has 0 aliphatic rings. The lowest BCUT2D eigenvalue weighted by atomic mass is 10.3. The summed E-state index contributed by atoms with van der Waals surface area (Å²) in [6, 6.07) is 0.792. The van der Waals surface area contributed by atoms with Crippen molar-refractivity contribution in [3.8, 4) is 5.75 Å². The van der Waals surface area contributed by atoms with Gasteiger partial charge in [0.2, 0.25) is 5.43 Å². The van der Waals surface area contributed by atoms with Gasteiger partial charge in [0.1, 0.15) is 5.82 Å². The van der Waals surface area contributed by atoms with Crippen LogP contribution in [0.3, 0.4) is 0 Å². The number of nitrogen functional groups attached to an aromatic ring is 1. The van der Waals surface area contributed by atoms with Crippen LogP contribution in [0.5, 0.6) is 5.75 Å². The molecule has 0 saturated heterocycles. The van der Waals surface area contributed by atoms with Crippen molar-refractivity contribution < 1.29 is 17.9 Å². The first-order valence-corrected chi connectivity index (χ1v) is 3.81. The Bertz CT molecular complexity index is 413. The molecule has 0 bridgehead atoms. The summed E-state index contributed by atoms with van der Waals surface area (Å²) >= 11 is 0. The van der Waals surface area contributed by atoms with Crippen molar-refractivity contribution in [2.45, 2.75) is 12.9 Å². The number of hydrogen-bond donors (Lipinski definition) is 3. The maximum atomic E-state index is 11.9. The summed E-state index contributed by atoms with van der Waals surface area (Å²) in [5.41, 5.74) is 9.19. The summed E-state index contributed by atoms with van der Waals surface area (Å²) in [6.45, 7) is -0.314. The van der Waals surface area contributed by atoms with Crippen molar-refractivity contribution in [2.75, 3.05) is 5.73 Å². The molecule has 0 atom stereocenters. The first kappa shape index (κ1) is 11.4. The molecule has 5 nitrogen and oxygen atoms in total. The maximum Gasteiger partial charge on any atom is 0.573 e. The third kappa shape index (κ3) is 2.88. The van der Waals surface area contributed by atoms with Crippen LogP contribution in [0, 0.1) is 0 Å². The van der Waals surface area contributed by atoms with E-state index in [1.807, 2.05) is 0 Å². The average molecular weight is 223 g/mol. The number of ether oxygens (including phenoxy) is 1. The first-order valence-electron chi connectivity index (χ1n) is 3.81. The van der Waals surface area contributed by atoms with Crippen LogP contribution in [-0.2, 0) is 6.54 Å². The second-order valence-corrected chi connectivity index (χ2v) is 2.65. The first-order chi connectivity index (χ1) is 6.83. The van der Waals surface area contributed by atoms with Gasteiger partial charge >= 0.3 is 6.36 Å². The minimum Gasteiger partial charge on any atom is -0.400 e. The number of aromatic amines is 1. The summed E-state index contributed by atoms with van der Waals surface area (Å²) in [6.07, 6.45) is -4.94. The second-order valence-electron chi connectivity index (χ2n) is 2.65. The lowest BCUT2D eigenvalue weighted by molar-refractivity contribution is -0.275. The molecule has 0 aromatic carbocycles. The number of H-pyrrole nitrogens is 1. The number of rotatable bonds is 2. The molecule has 1 aromatic rings. The summed E-state index contributed by atoms with van der Waals surface area (Å²) < 4.78 is 39.2. The van der Waals surface area contributed by atoms with E-state index >= 15 is 0 Å². The van der Waals surface area contributed by atoms with Gasteiger partial charge in [-0.2, -0.15) is 0 Å². The van der Waals surface area contributed by atoms with E-state index in [4.69, 9.17) is 11.5 Å². The van der Waals surface area contributed by atoms with E-state index in [0.29, 0.717) is 0 Å². The highest BCUT2D eigenvalue weighted by Gasteiger charge is 2.33. The Morgan fingerprint density at radius 1 is 1.47 bits per heavy atom. The molecule has 15 heavy (non-hydrogen) atoms. The van der Waals surface area contributed by atoms with Crippen molar-refractivity contribution in [1.82, 2.24) is 4.98 Å². The van der Waals surface area contributed by atoms with Crippen LogP contribution in [-0.4, -0.2) is 11.3 Å². The third-order valence-corrected chi connectivity index (χ3v) is 1.50. The van der Waals surface area contributed by atoms with Gasteiger partial charge in [0.15, 0.2) is 5.75 Å². The smallest absolute Gasteiger partial charge is 0.400 e. The Balaban J connectivity index is 3.22. The van der Waals surface area contributed by atoms with Crippen molar-refractivity contribution >= 4 is 5.82 Å². The molecule has 5 N–H and O–H groups in total. The van der Waals surface area contributed by atoms with Crippen molar-refractivity contribution in [2.24, 2.45) is 5.73 Å². The van der Waals surface area contributed by atoms with E-state index in [9.17, 15) is 18.0 Å². The van der Waals surface area contributed by atoms with Gasteiger partial charge in [-0.15, -0.1) is 13.2 Å². The number of nitrogens with two attached hydrogens (primary N) is 2. The number of pyridine rings is 1. The Morgan fingerprint density at radius 3 is 2.53 bits per heavy atom. The zero-order valence-corrected chi connectivity index (χ0v) is 7.39. The largest absolute Gasteiger partial charge is 0.573 e. The standard InChI is InChI=1S/C7H8F3N3O2/c8-7(9,10)15-6-3(2-11)13-5(12)1-4(6)14/h1H,2,11H2,(H3,12,13,14). The van der Waals surface area contributed by atoms with E-state index < -0.39 is 17.5 Å². The fourth-order valence-corrected chi connectivity index (χ4v) is 0.994. The van der Waals surface area contributed by atoms with Crippen LogP contribution in [0.25, 0.3) is 0 Å². The molecule has 0 aliphatic heterocycles. The van der Waals surface area contributed by atoms with Gasteiger partial charge in [-0.25, -0.2) is 0 Å². The molecule has 0 amide bonds. The zero-order chi connectivity index (χ0) is 11.6. The molecule has 0 aliphatic carbocycles. The highest BCUT2D eigenvalue weighted by molar-refractivity contribution is 5.38. The lowest BCUT2D eigenvalue weighted by Crippen LogP contribution is -2.24. The number of anilines is 1. The second kappa shape index (κ2) is 3.81. The molecular weight excluding hydrogens is 215 g/mol. The zero-order valence-electron chi connectivity index (χ0n) is 7.39. The summed E-state index contributed by atoms with van der Waals surface area (Å²) in [7, 11) is 0. The van der Waals surface area contributed by atoms with Gasteiger partial charge in [0.05, 0.1) is 5.69 Å². The Labute approximate surface area is 81.8 Å². The molecule has 0 saturated carbocycles. The van der Waals surface area contributed by atoms with Gasteiger partial charge < -0.3 is 21.2 Å². The quantitative estimate of drug-likeness (QED) is 0.672. The van der Waals surface area contributed by atoms with Crippen LogP contribution >= 0.6 is 0 Å². The number of halogens is 3. The normalized spacial score (nSPS) is 11.5. The summed E-state index contributed by atoms with van der Waals surface area (Å²) in [5.74, 6) is -0.950. The number of nitrogens with one attached hydrogen (secondary N) is 1. The van der Waals surface area contributed by atoms with Gasteiger partial charge in [-0.1, -0.05) is 0 Å². The van der Waals surface area contributed by atoms with Gasteiger partial charge in [-0.3, -0.25) is 4.79 Å². The Kier molecular flexibility index (Phi) is 2.89. The van der Waals surface area contributed by atoms with Crippen LogP contribution in [0.1, 0.15) is 5.69 Å². The molecule has 0 unspecified atom stereocenters. The lowest BCUT2D eigenvalue weighted by Gasteiger charge is -2.11. The van der Waals surface area contributed by atoms with E-state index in [1.54, 1.807) is 0 Å². The van der Waals surface area contributed by atoms with E-state index in [-0.39, 0.29) is 18.1 Å². The Morgan fingerprint density at radius 2 is 2.07 bits per heavy atom. The van der Waals surface area contributed by atoms with Crippen molar-refractivity contribution in [3.05, 3.63) is 22.0 Å². The monoisotopic (exact) mass is 223 g/mol. The fourth-order valence-electron chi connectivity index (χ4n) is 0.994. The van der Waals surface area contributed by atoms with Crippen LogP contribution in [0.2, 0.25) is 0 Å². The topological polar surface area (TPSA) is 94.1 Å². The van der Waals surface area contributed by atoms with Crippen LogP contribution < -0.4 is 21.6 Å². The third-order valence-electron chi connectivity index (χ3n) is 1.50. The summed E-state index contributed by atoms with van der Waals surface area (Å²) in [5, 5.41) is 0. The van der Waals surface area contributed by atoms with Gasteiger partial charge in [0, 0.05) is 12.6 Å².